The quantitative estimate of drug-likeness (QED) is 0.440. The smallest absolute Gasteiger partial charge is 0.277 e. The number of nitrogens with zero attached hydrogens (tertiary/aromatic N) is 4. The molecule has 3 heterocycles. The molecular formula is C17H14N4O3S2. The lowest BCUT2D eigenvalue weighted by atomic mass is 10.2. The SMILES string of the molecule is COc1ccc(-c2nnc(SC(C)c3nnc(-c4cccs4)o3)o2)cc1. The summed E-state index contributed by atoms with van der Waals surface area (Å²) in [6.45, 7) is 1.95. The number of hydrogen-bond donors (Lipinski definition) is 0. The summed E-state index contributed by atoms with van der Waals surface area (Å²) in [5.74, 6) is 2.26. The van der Waals surface area contributed by atoms with Crippen molar-refractivity contribution in [1.29, 1.82) is 0 Å². The molecule has 1 unspecified atom stereocenters. The first kappa shape index (κ1) is 16.8. The molecule has 0 spiro atoms. The van der Waals surface area contributed by atoms with E-state index in [2.05, 4.69) is 20.4 Å². The van der Waals surface area contributed by atoms with E-state index in [4.69, 9.17) is 13.6 Å². The van der Waals surface area contributed by atoms with E-state index in [0.717, 1.165) is 16.2 Å². The van der Waals surface area contributed by atoms with Crippen LogP contribution in [0.25, 0.3) is 22.2 Å². The van der Waals surface area contributed by atoms with E-state index in [0.29, 0.717) is 22.9 Å². The van der Waals surface area contributed by atoms with E-state index in [1.54, 1.807) is 18.4 Å². The van der Waals surface area contributed by atoms with Gasteiger partial charge in [-0.05, 0) is 42.6 Å². The molecule has 3 aromatic heterocycles. The molecule has 26 heavy (non-hydrogen) atoms. The summed E-state index contributed by atoms with van der Waals surface area (Å²) >= 11 is 2.93. The van der Waals surface area contributed by atoms with Gasteiger partial charge in [0.1, 0.15) is 5.75 Å². The van der Waals surface area contributed by atoms with Gasteiger partial charge in [0.15, 0.2) is 0 Å². The Morgan fingerprint density at radius 2 is 1.81 bits per heavy atom. The van der Waals surface area contributed by atoms with Crippen molar-refractivity contribution in [2.45, 2.75) is 17.4 Å². The summed E-state index contributed by atoms with van der Waals surface area (Å²) < 4.78 is 16.6. The number of aromatic nitrogens is 4. The van der Waals surface area contributed by atoms with E-state index in [9.17, 15) is 0 Å². The molecular weight excluding hydrogens is 372 g/mol. The molecule has 0 saturated heterocycles. The monoisotopic (exact) mass is 386 g/mol. The van der Waals surface area contributed by atoms with Crippen LogP contribution in [0.1, 0.15) is 18.1 Å². The van der Waals surface area contributed by atoms with E-state index < -0.39 is 0 Å². The number of thiophene rings is 1. The Morgan fingerprint density at radius 3 is 2.54 bits per heavy atom. The number of hydrogen-bond acceptors (Lipinski definition) is 9. The van der Waals surface area contributed by atoms with Crippen LogP contribution in [0.4, 0.5) is 0 Å². The zero-order valence-corrected chi connectivity index (χ0v) is 15.6. The van der Waals surface area contributed by atoms with Gasteiger partial charge in [-0.15, -0.1) is 31.7 Å². The van der Waals surface area contributed by atoms with Gasteiger partial charge in [-0.2, -0.15) is 0 Å². The first-order valence-electron chi connectivity index (χ1n) is 7.75. The van der Waals surface area contributed by atoms with Crippen molar-refractivity contribution < 1.29 is 13.6 Å². The minimum atomic E-state index is -0.111. The third kappa shape index (κ3) is 3.49. The fraction of sp³-hybridized carbons (Fsp3) is 0.176. The number of ether oxygens (including phenoxy) is 1. The number of thioether (sulfide) groups is 1. The summed E-state index contributed by atoms with van der Waals surface area (Å²) in [6, 6.07) is 11.3. The third-order valence-electron chi connectivity index (χ3n) is 3.54. The molecule has 4 aromatic rings. The molecule has 0 saturated carbocycles. The van der Waals surface area contributed by atoms with E-state index in [1.165, 1.54) is 11.8 Å². The summed E-state index contributed by atoms with van der Waals surface area (Å²) in [7, 11) is 1.62. The summed E-state index contributed by atoms with van der Waals surface area (Å²) in [4.78, 5) is 0.945. The molecule has 0 aliphatic heterocycles. The molecule has 0 aliphatic carbocycles. The highest BCUT2D eigenvalue weighted by molar-refractivity contribution is 7.99. The van der Waals surface area contributed by atoms with Crippen LogP contribution in [0.3, 0.4) is 0 Å². The molecule has 0 radical (unpaired) electrons. The van der Waals surface area contributed by atoms with Crippen molar-refractivity contribution in [1.82, 2.24) is 20.4 Å². The lowest BCUT2D eigenvalue weighted by molar-refractivity contribution is 0.414. The van der Waals surface area contributed by atoms with Crippen molar-refractivity contribution in [2.75, 3.05) is 7.11 Å². The van der Waals surface area contributed by atoms with Crippen molar-refractivity contribution in [2.24, 2.45) is 0 Å². The topological polar surface area (TPSA) is 87.1 Å². The van der Waals surface area contributed by atoms with Crippen LogP contribution >= 0.6 is 23.1 Å². The van der Waals surface area contributed by atoms with Crippen molar-refractivity contribution in [3.8, 4) is 28.0 Å². The molecule has 9 heteroatoms. The second-order valence-electron chi connectivity index (χ2n) is 5.28. The van der Waals surface area contributed by atoms with E-state index in [-0.39, 0.29) is 5.25 Å². The van der Waals surface area contributed by atoms with Crippen LogP contribution in [0, 0.1) is 0 Å². The number of rotatable bonds is 6. The van der Waals surface area contributed by atoms with E-state index >= 15 is 0 Å². The highest BCUT2D eigenvalue weighted by Crippen LogP contribution is 2.36. The molecule has 7 nitrogen and oxygen atoms in total. The fourth-order valence-electron chi connectivity index (χ4n) is 2.21. The van der Waals surface area contributed by atoms with Gasteiger partial charge in [0.25, 0.3) is 11.1 Å². The predicted octanol–water partition coefficient (Wildman–Crippen LogP) is 4.71. The summed E-state index contributed by atoms with van der Waals surface area (Å²) in [5, 5.41) is 18.7. The van der Waals surface area contributed by atoms with Crippen LogP contribution in [-0.4, -0.2) is 27.5 Å². The second kappa shape index (κ2) is 7.30. The predicted molar refractivity (Wildman–Crippen MR) is 98.2 cm³/mol. The second-order valence-corrected chi connectivity index (χ2v) is 7.52. The Labute approximate surface area is 157 Å². The Bertz CT molecular complexity index is 980. The van der Waals surface area contributed by atoms with Gasteiger partial charge in [-0.25, -0.2) is 0 Å². The Balaban J connectivity index is 1.46. The van der Waals surface area contributed by atoms with Crippen molar-refractivity contribution >= 4 is 23.1 Å². The maximum absolute atomic E-state index is 5.74. The van der Waals surface area contributed by atoms with Gasteiger partial charge in [0, 0.05) is 5.56 Å². The van der Waals surface area contributed by atoms with Crippen LogP contribution in [0.15, 0.2) is 55.8 Å². The average molecular weight is 386 g/mol. The first-order valence-corrected chi connectivity index (χ1v) is 9.50. The van der Waals surface area contributed by atoms with Gasteiger partial charge < -0.3 is 13.6 Å². The van der Waals surface area contributed by atoms with Gasteiger partial charge in [0.2, 0.25) is 11.8 Å². The van der Waals surface area contributed by atoms with Crippen molar-refractivity contribution in [3.63, 3.8) is 0 Å². The molecule has 0 bridgehead atoms. The highest BCUT2D eigenvalue weighted by Gasteiger charge is 2.20. The molecule has 1 atom stereocenters. The van der Waals surface area contributed by atoms with Gasteiger partial charge in [-0.3, -0.25) is 0 Å². The number of methoxy groups -OCH3 is 1. The van der Waals surface area contributed by atoms with Crippen molar-refractivity contribution in [3.05, 3.63) is 47.7 Å². The van der Waals surface area contributed by atoms with Crippen LogP contribution in [0.5, 0.6) is 5.75 Å². The lowest BCUT2D eigenvalue weighted by Crippen LogP contribution is -1.88. The molecule has 0 fully saturated rings. The standard InChI is InChI=1S/C17H14N4O3S2/c1-10(14-18-20-16(23-14)13-4-3-9-25-13)26-17-21-19-15(24-17)11-5-7-12(22-2)8-6-11/h3-10H,1-2H3. The fourth-order valence-corrected chi connectivity index (χ4v) is 3.57. The molecule has 0 amide bonds. The Hall–Kier alpha value is -2.65. The average Bonchev–Trinajstić information content (AvgIpc) is 3.41. The summed E-state index contributed by atoms with van der Waals surface area (Å²) in [6.07, 6.45) is 0. The third-order valence-corrected chi connectivity index (χ3v) is 5.32. The van der Waals surface area contributed by atoms with Crippen LogP contribution in [-0.2, 0) is 0 Å². The Morgan fingerprint density at radius 1 is 1.00 bits per heavy atom. The maximum atomic E-state index is 5.74. The zero-order chi connectivity index (χ0) is 17.9. The maximum Gasteiger partial charge on any atom is 0.277 e. The van der Waals surface area contributed by atoms with Crippen LogP contribution in [0.2, 0.25) is 0 Å². The molecule has 0 aliphatic rings. The molecule has 132 valence electrons. The largest absolute Gasteiger partial charge is 0.497 e. The minimum Gasteiger partial charge on any atom is -0.497 e. The Kier molecular flexibility index (Phi) is 4.72. The molecule has 1 aromatic carbocycles. The summed E-state index contributed by atoms with van der Waals surface area (Å²) in [5.41, 5.74) is 0.829. The van der Waals surface area contributed by atoms with Gasteiger partial charge in [-0.1, -0.05) is 17.8 Å². The normalized spacial score (nSPS) is 12.2. The highest BCUT2D eigenvalue weighted by atomic mass is 32.2. The van der Waals surface area contributed by atoms with E-state index in [1.807, 2.05) is 48.7 Å². The van der Waals surface area contributed by atoms with Gasteiger partial charge >= 0.3 is 0 Å². The molecule has 0 N–H and O–H groups in total. The number of benzene rings is 1. The van der Waals surface area contributed by atoms with Gasteiger partial charge in [0.05, 0.1) is 17.2 Å². The lowest BCUT2D eigenvalue weighted by Gasteiger charge is -2.01. The van der Waals surface area contributed by atoms with Crippen LogP contribution < -0.4 is 4.74 Å². The molecule has 4 rings (SSSR count). The zero-order valence-electron chi connectivity index (χ0n) is 13.9. The first-order chi connectivity index (χ1) is 12.7. The minimum absolute atomic E-state index is 0.111.